The zero-order valence-electron chi connectivity index (χ0n) is 16.9. The first-order valence-corrected chi connectivity index (χ1v) is 9.60. The van der Waals surface area contributed by atoms with E-state index in [4.69, 9.17) is 9.15 Å². The highest BCUT2D eigenvalue weighted by atomic mass is 16.6. The molecule has 3 aromatic carbocycles. The molecule has 0 radical (unpaired) electrons. The van der Waals surface area contributed by atoms with Crippen molar-refractivity contribution in [3.63, 3.8) is 0 Å². The number of fused-ring (bicyclic) bond motifs is 1. The van der Waals surface area contributed by atoms with Crippen LogP contribution in [0.1, 0.15) is 18.1 Å². The molecule has 8 nitrogen and oxygen atoms in total. The van der Waals surface area contributed by atoms with Crippen LogP contribution in [0.15, 0.2) is 64.0 Å². The molecule has 4 rings (SSSR count). The summed E-state index contributed by atoms with van der Waals surface area (Å²) in [6.07, 6.45) is 1.36. The number of nitro benzene ring substituents is 1. The maximum absolute atomic E-state index is 11.2. The molecule has 31 heavy (non-hydrogen) atoms. The van der Waals surface area contributed by atoms with Crippen LogP contribution in [-0.2, 0) is 0 Å². The molecule has 0 saturated carbocycles. The predicted molar refractivity (Wildman–Crippen MR) is 117 cm³/mol. The van der Waals surface area contributed by atoms with Gasteiger partial charge >= 0.3 is 0 Å². The minimum absolute atomic E-state index is 0.0414. The van der Waals surface area contributed by atoms with E-state index in [1.807, 2.05) is 37.3 Å². The Hall–Kier alpha value is -4.20. The Morgan fingerprint density at radius 2 is 1.97 bits per heavy atom. The number of oxazole rings is 1. The Morgan fingerprint density at radius 3 is 2.68 bits per heavy atom. The number of aromatic nitrogens is 1. The first-order chi connectivity index (χ1) is 14.9. The average molecular weight is 417 g/mol. The number of aliphatic imine (C=N–C) groups is 1. The maximum Gasteiger partial charge on any atom is 0.274 e. The molecule has 0 amide bonds. The van der Waals surface area contributed by atoms with E-state index in [0.29, 0.717) is 17.2 Å². The van der Waals surface area contributed by atoms with Gasteiger partial charge in [-0.15, -0.1) is 0 Å². The van der Waals surface area contributed by atoms with Crippen LogP contribution < -0.4 is 4.74 Å². The van der Waals surface area contributed by atoms with Gasteiger partial charge in [0.15, 0.2) is 17.1 Å². The summed E-state index contributed by atoms with van der Waals surface area (Å²) in [6.45, 7) is 3.99. The number of phenolic OH excluding ortho intramolecular Hbond substituents is 1. The van der Waals surface area contributed by atoms with E-state index < -0.39 is 4.92 Å². The second-order valence-electron chi connectivity index (χ2n) is 6.87. The molecule has 0 spiro atoms. The molecule has 8 heteroatoms. The normalized spacial score (nSPS) is 11.3. The molecule has 0 saturated heterocycles. The number of benzene rings is 3. The number of aromatic hydroxyl groups is 1. The van der Waals surface area contributed by atoms with Crippen molar-refractivity contribution < 1.29 is 19.2 Å². The van der Waals surface area contributed by atoms with Gasteiger partial charge in [0.2, 0.25) is 5.89 Å². The lowest BCUT2D eigenvalue weighted by Crippen LogP contribution is -1.97. The first kappa shape index (κ1) is 20.1. The molecular formula is C23H19N3O5. The molecular weight excluding hydrogens is 398 g/mol. The maximum atomic E-state index is 11.2. The fourth-order valence-electron chi connectivity index (χ4n) is 3.08. The van der Waals surface area contributed by atoms with Gasteiger partial charge in [-0.2, -0.15) is 0 Å². The van der Waals surface area contributed by atoms with E-state index in [9.17, 15) is 15.2 Å². The molecule has 1 N–H and O–H groups in total. The number of non-ortho nitro benzene ring substituents is 1. The van der Waals surface area contributed by atoms with Crippen molar-refractivity contribution in [1.82, 2.24) is 4.98 Å². The third-order valence-electron chi connectivity index (χ3n) is 4.61. The smallest absolute Gasteiger partial charge is 0.274 e. The van der Waals surface area contributed by atoms with E-state index in [-0.39, 0.29) is 29.4 Å². The summed E-state index contributed by atoms with van der Waals surface area (Å²) in [5, 5.41) is 21.5. The SMILES string of the molecule is CCOc1cc([N+](=O)[O-])cc(C=Nc2ccc(-c3nc4cc(C)ccc4o3)cc2)c1O. The van der Waals surface area contributed by atoms with Crippen LogP contribution in [0.4, 0.5) is 11.4 Å². The largest absolute Gasteiger partial charge is 0.504 e. The number of rotatable bonds is 6. The van der Waals surface area contributed by atoms with Gasteiger partial charge in [0.05, 0.1) is 23.3 Å². The van der Waals surface area contributed by atoms with Crippen LogP contribution in [0.25, 0.3) is 22.6 Å². The van der Waals surface area contributed by atoms with Gasteiger partial charge < -0.3 is 14.3 Å². The van der Waals surface area contributed by atoms with E-state index in [2.05, 4.69) is 9.98 Å². The van der Waals surface area contributed by atoms with Crippen LogP contribution >= 0.6 is 0 Å². The van der Waals surface area contributed by atoms with E-state index in [1.165, 1.54) is 18.3 Å². The van der Waals surface area contributed by atoms with E-state index in [1.54, 1.807) is 19.1 Å². The van der Waals surface area contributed by atoms with Gasteiger partial charge in [0, 0.05) is 23.4 Å². The third-order valence-corrected chi connectivity index (χ3v) is 4.61. The van der Waals surface area contributed by atoms with Gasteiger partial charge in [0.25, 0.3) is 5.69 Å². The summed E-state index contributed by atoms with van der Waals surface area (Å²) in [4.78, 5) is 19.4. The Bertz CT molecular complexity index is 1290. The number of nitro groups is 1. The Morgan fingerprint density at radius 1 is 1.19 bits per heavy atom. The summed E-state index contributed by atoms with van der Waals surface area (Å²) in [7, 11) is 0. The molecule has 0 atom stereocenters. The lowest BCUT2D eigenvalue weighted by atomic mass is 10.1. The predicted octanol–water partition coefficient (Wildman–Crippen LogP) is 5.57. The molecule has 1 heterocycles. The highest BCUT2D eigenvalue weighted by Crippen LogP contribution is 2.34. The van der Waals surface area contributed by atoms with Crippen LogP contribution in [0, 0.1) is 17.0 Å². The monoisotopic (exact) mass is 417 g/mol. The van der Waals surface area contributed by atoms with Crippen molar-refractivity contribution in [3.05, 3.63) is 75.8 Å². The fourth-order valence-corrected chi connectivity index (χ4v) is 3.08. The van der Waals surface area contributed by atoms with E-state index >= 15 is 0 Å². The lowest BCUT2D eigenvalue weighted by molar-refractivity contribution is -0.385. The van der Waals surface area contributed by atoms with Gasteiger partial charge in [-0.05, 0) is 55.8 Å². The minimum Gasteiger partial charge on any atom is -0.504 e. The van der Waals surface area contributed by atoms with Crippen molar-refractivity contribution in [3.8, 4) is 23.0 Å². The number of ether oxygens (including phenoxy) is 1. The summed E-state index contributed by atoms with van der Waals surface area (Å²) in [5.74, 6) is 0.350. The van der Waals surface area contributed by atoms with Gasteiger partial charge in [-0.1, -0.05) is 6.07 Å². The summed E-state index contributed by atoms with van der Waals surface area (Å²) >= 11 is 0. The van der Waals surface area contributed by atoms with Gasteiger partial charge in [-0.25, -0.2) is 4.98 Å². The molecule has 0 fully saturated rings. The Balaban J connectivity index is 1.60. The fraction of sp³-hybridized carbons (Fsp3) is 0.130. The van der Waals surface area contributed by atoms with Gasteiger partial charge in [-0.3, -0.25) is 15.1 Å². The zero-order chi connectivity index (χ0) is 22.0. The second-order valence-corrected chi connectivity index (χ2v) is 6.87. The molecule has 0 aliphatic carbocycles. The highest BCUT2D eigenvalue weighted by molar-refractivity contribution is 5.88. The third kappa shape index (κ3) is 4.23. The molecule has 4 aromatic rings. The number of phenols is 1. The Kier molecular flexibility index (Phi) is 5.36. The zero-order valence-corrected chi connectivity index (χ0v) is 16.9. The average Bonchev–Trinajstić information content (AvgIpc) is 3.18. The molecule has 1 aromatic heterocycles. The number of nitrogens with zero attached hydrogens (tertiary/aromatic N) is 3. The molecule has 0 aliphatic heterocycles. The highest BCUT2D eigenvalue weighted by Gasteiger charge is 2.16. The quantitative estimate of drug-likeness (QED) is 0.249. The molecule has 0 unspecified atom stereocenters. The van der Waals surface area contributed by atoms with Crippen molar-refractivity contribution in [1.29, 1.82) is 0 Å². The molecule has 156 valence electrons. The lowest BCUT2D eigenvalue weighted by Gasteiger charge is -2.07. The van der Waals surface area contributed by atoms with Crippen molar-refractivity contribution in [2.45, 2.75) is 13.8 Å². The van der Waals surface area contributed by atoms with Crippen molar-refractivity contribution in [2.24, 2.45) is 4.99 Å². The molecule has 0 bridgehead atoms. The number of aryl methyl sites for hydroxylation is 1. The molecule has 0 aliphatic rings. The second kappa shape index (κ2) is 8.27. The van der Waals surface area contributed by atoms with Crippen molar-refractivity contribution in [2.75, 3.05) is 6.61 Å². The first-order valence-electron chi connectivity index (χ1n) is 9.60. The van der Waals surface area contributed by atoms with Crippen LogP contribution in [0.2, 0.25) is 0 Å². The minimum atomic E-state index is -0.546. The van der Waals surface area contributed by atoms with Crippen LogP contribution in [0.3, 0.4) is 0 Å². The summed E-state index contributed by atoms with van der Waals surface area (Å²) in [6, 6.07) is 15.4. The van der Waals surface area contributed by atoms with Gasteiger partial charge in [0.1, 0.15) is 5.52 Å². The van der Waals surface area contributed by atoms with E-state index in [0.717, 1.165) is 16.6 Å². The number of hydrogen-bond donors (Lipinski definition) is 1. The topological polar surface area (TPSA) is 111 Å². The van der Waals surface area contributed by atoms with Crippen LogP contribution in [-0.4, -0.2) is 27.8 Å². The Labute approximate surface area is 177 Å². The summed E-state index contributed by atoms with van der Waals surface area (Å²) < 4.78 is 11.1. The van der Waals surface area contributed by atoms with Crippen molar-refractivity contribution >= 4 is 28.7 Å². The number of hydrogen-bond acceptors (Lipinski definition) is 7. The summed E-state index contributed by atoms with van der Waals surface area (Å²) in [5.41, 5.74) is 4.01. The standard InChI is InChI=1S/C23H19N3O5/c1-3-30-21-12-18(26(28)29)11-16(22(21)27)13-24-17-7-5-15(6-8-17)23-25-19-10-14(2)4-9-20(19)31-23/h4-13,27H,3H2,1-2H3. The van der Waals surface area contributed by atoms with Crippen LogP contribution in [0.5, 0.6) is 11.5 Å².